The maximum Gasteiger partial charge on any atom is 0.163 e. The largest absolute Gasteiger partial charge is 0.356 e. The van der Waals surface area contributed by atoms with Crippen molar-refractivity contribution in [2.24, 2.45) is 0 Å². The van der Waals surface area contributed by atoms with Gasteiger partial charge in [0.2, 0.25) is 0 Å². The Balaban J connectivity index is 1.50. The van der Waals surface area contributed by atoms with Gasteiger partial charge in [-0.1, -0.05) is 54.1 Å². The van der Waals surface area contributed by atoms with Gasteiger partial charge in [0.25, 0.3) is 0 Å². The maximum absolute atomic E-state index is 12.8. The highest BCUT2D eigenvalue weighted by atomic mass is 35.5. The summed E-state index contributed by atoms with van der Waals surface area (Å²) < 4.78 is 0. The number of piperidine rings is 1. The number of hydrogen-bond acceptors (Lipinski definition) is 5. The minimum atomic E-state index is -0.448. The first-order valence-corrected chi connectivity index (χ1v) is 11.8. The topological polar surface area (TPSA) is 59.0 Å². The van der Waals surface area contributed by atoms with Gasteiger partial charge in [0.05, 0.1) is 11.1 Å². The van der Waals surface area contributed by atoms with E-state index in [9.17, 15) is 4.79 Å². The van der Waals surface area contributed by atoms with Crippen molar-refractivity contribution >= 4 is 23.2 Å². The number of benzene rings is 2. The van der Waals surface area contributed by atoms with Gasteiger partial charge in [-0.2, -0.15) is 0 Å². The van der Waals surface area contributed by atoms with E-state index in [1.54, 1.807) is 19.3 Å². The second-order valence-corrected chi connectivity index (χ2v) is 9.11. The van der Waals surface area contributed by atoms with E-state index in [1.807, 2.05) is 60.7 Å². The summed E-state index contributed by atoms with van der Waals surface area (Å²) in [6.07, 6.45) is 5.00. The van der Waals surface area contributed by atoms with Crippen LogP contribution in [0.3, 0.4) is 0 Å². The first-order chi connectivity index (χ1) is 16.5. The van der Waals surface area contributed by atoms with Crippen molar-refractivity contribution in [1.29, 1.82) is 0 Å². The normalized spacial score (nSPS) is 15.2. The van der Waals surface area contributed by atoms with Crippen LogP contribution in [-0.2, 0) is 10.2 Å². The summed E-state index contributed by atoms with van der Waals surface area (Å²) in [5, 5.41) is 0.683. The predicted molar refractivity (Wildman–Crippen MR) is 136 cm³/mol. The lowest BCUT2D eigenvalue weighted by atomic mass is 9.70. The summed E-state index contributed by atoms with van der Waals surface area (Å²) in [6.45, 7) is 3.18. The maximum atomic E-state index is 12.8. The van der Waals surface area contributed by atoms with Gasteiger partial charge in [0.15, 0.2) is 5.82 Å². The monoisotopic (exact) mass is 468 g/mol. The fraction of sp³-hybridized carbons (Fsp3) is 0.214. The molecule has 2 aromatic heterocycles. The number of ketones is 1. The lowest BCUT2D eigenvalue weighted by Crippen LogP contribution is -2.47. The number of anilines is 1. The molecular formula is C28H25ClN4O. The van der Waals surface area contributed by atoms with Gasteiger partial charge in [0.1, 0.15) is 11.6 Å². The zero-order chi connectivity index (χ0) is 23.5. The van der Waals surface area contributed by atoms with Crippen molar-refractivity contribution in [3.63, 3.8) is 0 Å². The van der Waals surface area contributed by atoms with E-state index >= 15 is 0 Å². The molecule has 4 aromatic rings. The number of pyridine rings is 1. The zero-order valence-electron chi connectivity index (χ0n) is 19.0. The lowest BCUT2D eigenvalue weighted by Gasteiger charge is -2.41. The second-order valence-electron chi connectivity index (χ2n) is 8.67. The van der Waals surface area contributed by atoms with Crippen LogP contribution in [0, 0.1) is 0 Å². The highest BCUT2D eigenvalue weighted by molar-refractivity contribution is 6.30. The molecule has 2 aromatic carbocycles. The smallest absolute Gasteiger partial charge is 0.163 e. The van der Waals surface area contributed by atoms with Gasteiger partial charge in [-0.05, 0) is 49.6 Å². The molecule has 1 fully saturated rings. The van der Waals surface area contributed by atoms with E-state index in [1.165, 1.54) is 0 Å². The first kappa shape index (κ1) is 22.2. The molecule has 170 valence electrons. The first-order valence-electron chi connectivity index (χ1n) is 11.4. The third-order valence-electron chi connectivity index (χ3n) is 6.71. The summed E-state index contributed by atoms with van der Waals surface area (Å²) in [5.74, 6) is 1.70. The van der Waals surface area contributed by atoms with Gasteiger partial charge in [0, 0.05) is 47.7 Å². The second kappa shape index (κ2) is 9.35. The SMILES string of the molecule is CC(=O)C1(c2ccccc2)CCN(c2cc(-c3ccc(Cl)cc3)nc(-c3cccnc3)n2)CC1. The van der Waals surface area contributed by atoms with Gasteiger partial charge >= 0.3 is 0 Å². The van der Waals surface area contributed by atoms with E-state index in [2.05, 4.69) is 22.0 Å². The van der Waals surface area contributed by atoms with Crippen LogP contribution in [0.2, 0.25) is 5.02 Å². The molecule has 3 heterocycles. The molecule has 5 nitrogen and oxygen atoms in total. The van der Waals surface area contributed by atoms with Crippen molar-refractivity contribution in [3.05, 3.63) is 95.8 Å². The van der Waals surface area contributed by atoms with E-state index < -0.39 is 5.41 Å². The molecule has 5 rings (SSSR count). The lowest BCUT2D eigenvalue weighted by molar-refractivity contribution is -0.123. The number of aromatic nitrogens is 3. The molecule has 0 N–H and O–H groups in total. The summed E-state index contributed by atoms with van der Waals surface area (Å²) >= 11 is 6.11. The van der Waals surface area contributed by atoms with Crippen molar-refractivity contribution in [2.75, 3.05) is 18.0 Å². The average Bonchev–Trinajstić information content (AvgIpc) is 2.90. The average molecular weight is 469 g/mol. The molecule has 0 saturated carbocycles. The van der Waals surface area contributed by atoms with Crippen molar-refractivity contribution in [3.8, 4) is 22.6 Å². The molecule has 1 aliphatic rings. The molecule has 0 atom stereocenters. The van der Waals surface area contributed by atoms with E-state index in [4.69, 9.17) is 21.6 Å². The number of nitrogens with zero attached hydrogens (tertiary/aromatic N) is 4. The standard InChI is InChI=1S/C28H25ClN4O/c1-20(34)28(23-7-3-2-4-8-23)13-16-33(17-14-28)26-18-25(21-9-11-24(29)12-10-21)31-27(32-26)22-6-5-15-30-19-22/h2-12,15,18-19H,13-14,16-17H2,1H3. The molecule has 0 amide bonds. The summed E-state index contributed by atoms with van der Waals surface area (Å²) in [7, 11) is 0. The summed E-state index contributed by atoms with van der Waals surface area (Å²) in [4.78, 5) is 29.0. The fourth-order valence-electron chi connectivity index (χ4n) is 4.71. The number of rotatable bonds is 5. The predicted octanol–water partition coefficient (Wildman–Crippen LogP) is 5.99. The van der Waals surface area contributed by atoms with Crippen LogP contribution in [0.15, 0.2) is 85.2 Å². The van der Waals surface area contributed by atoms with Gasteiger partial charge in [-0.15, -0.1) is 0 Å². The van der Waals surface area contributed by atoms with Crippen LogP contribution in [-0.4, -0.2) is 33.8 Å². The van der Waals surface area contributed by atoms with E-state index in [-0.39, 0.29) is 5.78 Å². The minimum Gasteiger partial charge on any atom is -0.356 e. The minimum absolute atomic E-state index is 0.221. The molecule has 1 aliphatic heterocycles. The molecule has 6 heteroatoms. The fourth-order valence-corrected chi connectivity index (χ4v) is 4.83. The van der Waals surface area contributed by atoms with Crippen LogP contribution < -0.4 is 4.90 Å². The highest BCUT2D eigenvalue weighted by Crippen LogP contribution is 2.38. The van der Waals surface area contributed by atoms with Crippen molar-refractivity contribution in [1.82, 2.24) is 15.0 Å². The van der Waals surface area contributed by atoms with Crippen LogP contribution in [0.1, 0.15) is 25.3 Å². The van der Waals surface area contributed by atoms with Gasteiger partial charge < -0.3 is 4.90 Å². The summed E-state index contributed by atoms with van der Waals surface area (Å²) in [6, 6.07) is 23.7. The summed E-state index contributed by atoms with van der Waals surface area (Å²) in [5.41, 5.74) is 3.31. The Labute approximate surface area is 204 Å². The molecule has 34 heavy (non-hydrogen) atoms. The Kier molecular flexibility index (Phi) is 6.12. The van der Waals surface area contributed by atoms with E-state index in [0.717, 1.165) is 54.1 Å². The molecule has 1 saturated heterocycles. The van der Waals surface area contributed by atoms with Crippen LogP contribution in [0.5, 0.6) is 0 Å². The van der Waals surface area contributed by atoms with E-state index in [0.29, 0.717) is 10.8 Å². The number of Topliss-reactive ketones (excluding diaryl/α,β-unsaturated/α-hetero) is 1. The molecule has 0 bridgehead atoms. The number of hydrogen-bond donors (Lipinski definition) is 0. The molecular weight excluding hydrogens is 444 g/mol. The molecule has 0 radical (unpaired) electrons. The Bertz CT molecular complexity index is 1290. The quantitative estimate of drug-likeness (QED) is 0.360. The number of carbonyl (C=O) groups excluding carboxylic acids is 1. The number of halogens is 1. The van der Waals surface area contributed by atoms with Crippen molar-refractivity contribution < 1.29 is 4.79 Å². The molecule has 0 spiro atoms. The Hall–Kier alpha value is -3.57. The number of carbonyl (C=O) groups is 1. The molecule has 0 unspecified atom stereocenters. The Morgan fingerprint density at radius 1 is 0.912 bits per heavy atom. The van der Waals surface area contributed by atoms with Crippen LogP contribution in [0.25, 0.3) is 22.6 Å². The Morgan fingerprint density at radius 2 is 1.65 bits per heavy atom. The third-order valence-corrected chi connectivity index (χ3v) is 6.97. The third kappa shape index (κ3) is 4.31. The van der Waals surface area contributed by atoms with Gasteiger partial charge in [-0.25, -0.2) is 9.97 Å². The molecule has 0 aliphatic carbocycles. The van der Waals surface area contributed by atoms with Crippen LogP contribution in [0.4, 0.5) is 5.82 Å². The zero-order valence-corrected chi connectivity index (χ0v) is 19.7. The highest BCUT2D eigenvalue weighted by Gasteiger charge is 2.40. The Morgan fingerprint density at radius 3 is 2.29 bits per heavy atom. The van der Waals surface area contributed by atoms with Crippen LogP contribution >= 0.6 is 11.6 Å². The van der Waals surface area contributed by atoms with Crippen molar-refractivity contribution in [2.45, 2.75) is 25.2 Å². The van der Waals surface area contributed by atoms with Gasteiger partial charge in [-0.3, -0.25) is 9.78 Å².